The Morgan fingerprint density at radius 3 is 2.97 bits per heavy atom. The third kappa shape index (κ3) is 3.09. The molecule has 1 atom stereocenters. The first kappa shape index (κ1) is 20.1. The van der Waals surface area contributed by atoms with Crippen molar-refractivity contribution in [1.29, 1.82) is 0 Å². The minimum atomic E-state index is 0.387. The number of benzene rings is 2. The largest absolute Gasteiger partial charge is 0.489 e. The Hall–Kier alpha value is -4.35. The second kappa shape index (κ2) is 7.58. The Morgan fingerprint density at radius 2 is 2.06 bits per heavy atom. The van der Waals surface area contributed by atoms with Gasteiger partial charge in [0.25, 0.3) is 0 Å². The van der Waals surface area contributed by atoms with E-state index in [2.05, 4.69) is 61.1 Å². The van der Waals surface area contributed by atoms with Crippen molar-refractivity contribution in [2.24, 2.45) is 0 Å². The number of hydrogen-bond acceptors (Lipinski definition) is 5. The number of hydrogen-bond donors (Lipinski definition) is 1. The average molecular weight is 462 g/mol. The summed E-state index contributed by atoms with van der Waals surface area (Å²) in [6.45, 7) is 11.5. The molecule has 0 amide bonds. The standard InChI is InChI=1S/C27H23N7O/c1-28-22-14-23-21(13-20(22)19-4-3-8-33-9-7-29-27(19)33)26(31-30-23)17-5-6-24-25(12-17)35-16-18-15-32(2)10-11-34(18)24/h3-9,12-14,18H,10-11,15-16H2,2H3,(H,30,31). The van der Waals surface area contributed by atoms with Crippen molar-refractivity contribution in [3.63, 3.8) is 0 Å². The second-order valence-corrected chi connectivity index (χ2v) is 9.28. The van der Waals surface area contributed by atoms with E-state index in [1.807, 2.05) is 35.0 Å². The summed E-state index contributed by atoms with van der Waals surface area (Å²) in [5, 5.41) is 8.74. The van der Waals surface area contributed by atoms with Crippen LogP contribution in [0, 0.1) is 6.57 Å². The molecule has 2 aliphatic rings. The fourth-order valence-electron chi connectivity index (χ4n) is 5.41. The van der Waals surface area contributed by atoms with Crippen LogP contribution in [-0.4, -0.2) is 63.8 Å². The molecule has 2 aromatic carbocycles. The number of piperazine rings is 1. The lowest BCUT2D eigenvalue weighted by atomic mass is 9.99. The van der Waals surface area contributed by atoms with Crippen LogP contribution >= 0.6 is 0 Å². The van der Waals surface area contributed by atoms with Gasteiger partial charge in [-0.1, -0.05) is 18.2 Å². The number of likely N-dealkylation sites (N-methyl/N-ethyl adjacent to an activating group) is 1. The molecule has 1 N–H and O–H groups in total. The molecule has 2 aliphatic heterocycles. The molecule has 3 aromatic heterocycles. The number of imidazole rings is 1. The SMILES string of the molecule is [C-]#[N+]c1cc2[nH]nc(-c3ccc4c(c3)OCC3CN(C)CCN43)c2cc1-c1cccn2ccnc12. The van der Waals surface area contributed by atoms with Crippen molar-refractivity contribution >= 4 is 27.9 Å². The van der Waals surface area contributed by atoms with Gasteiger partial charge in [-0.3, -0.25) is 5.10 Å². The van der Waals surface area contributed by atoms with Crippen LogP contribution in [0.4, 0.5) is 11.4 Å². The van der Waals surface area contributed by atoms with E-state index in [1.54, 1.807) is 6.20 Å². The summed E-state index contributed by atoms with van der Waals surface area (Å²) < 4.78 is 8.17. The Kier molecular flexibility index (Phi) is 4.35. The van der Waals surface area contributed by atoms with Crippen molar-refractivity contribution in [3.8, 4) is 28.1 Å². The van der Waals surface area contributed by atoms with E-state index in [4.69, 9.17) is 11.3 Å². The van der Waals surface area contributed by atoms with Crippen LogP contribution in [0.2, 0.25) is 0 Å². The highest BCUT2D eigenvalue weighted by molar-refractivity contribution is 6.01. The number of aromatic nitrogens is 4. The van der Waals surface area contributed by atoms with Gasteiger partial charge in [-0.25, -0.2) is 9.83 Å². The zero-order chi connectivity index (χ0) is 23.5. The molecule has 1 unspecified atom stereocenters. The molecule has 8 heteroatoms. The first-order valence-electron chi connectivity index (χ1n) is 11.7. The normalized spacial score (nSPS) is 17.7. The molecule has 35 heavy (non-hydrogen) atoms. The number of rotatable bonds is 2. The van der Waals surface area contributed by atoms with Crippen molar-refractivity contribution in [3.05, 3.63) is 72.5 Å². The smallest absolute Gasteiger partial charge is 0.197 e. The van der Waals surface area contributed by atoms with Crippen molar-refractivity contribution < 1.29 is 4.74 Å². The fourth-order valence-corrected chi connectivity index (χ4v) is 5.41. The highest BCUT2D eigenvalue weighted by atomic mass is 16.5. The number of aromatic amines is 1. The number of H-pyrrole nitrogens is 1. The van der Waals surface area contributed by atoms with Crippen LogP contribution in [0.3, 0.4) is 0 Å². The Labute approximate surface area is 202 Å². The maximum atomic E-state index is 7.78. The number of pyridine rings is 1. The topological polar surface area (TPSA) is 66.0 Å². The maximum Gasteiger partial charge on any atom is 0.197 e. The predicted octanol–water partition coefficient (Wildman–Crippen LogP) is 4.61. The van der Waals surface area contributed by atoms with E-state index in [0.29, 0.717) is 18.3 Å². The van der Waals surface area contributed by atoms with Crippen LogP contribution < -0.4 is 9.64 Å². The molecule has 0 radical (unpaired) electrons. The Balaban J connectivity index is 1.35. The molecular formula is C27H23N7O. The molecule has 0 saturated carbocycles. The molecule has 0 bridgehead atoms. The van der Waals surface area contributed by atoms with Crippen LogP contribution in [0.1, 0.15) is 0 Å². The summed E-state index contributed by atoms with van der Waals surface area (Å²) in [5.41, 5.74) is 6.99. The van der Waals surface area contributed by atoms with Crippen molar-refractivity contribution in [2.75, 3.05) is 38.2 Å². The third-order valence-corrected chi connectivity index (χ3v) is 7.17. The summed E-state index contributed by atoms with van der Waals surface area (Å²) in [4.78, 5) is 13.2. The Morgan fingerprint density at radius 1 is 1.11 bits per heavy atom. The lowest BCUT2D eigenvalue weighted by Crippen LogP contribution is -2.56. The lowest BCUT2D eigenvalue weighted by Gasteiger charge is -2.44. The van der Waals surface area contributed by atoms with Gasteiger partial charge in [-0.05, 0) is 36.9 Å². The minimum Gasteiger partial charge on any atom is -0.489 e. The summed E-state index contributed by atoms with van der Waals surface area (Å²) in [6, 6.07) is 14.7. The first-order chi connectivity index (χ1) is 17.2. The highest BCUT2D eigenvalue weighted by Gasteiger charge is 2.32. The molecule has 5 aromatic rings. The van der Waals surface area contributed by atoms with Crippen LogP contribution in [-0.2, 0) is 0 Å². The van der Waals surface area contributed by atoms with Crippen LogP contribution in [0.15, 0.2) is 61.1 Å². The predicted molar refractivity (Wildman–Crippen MR) is 136 cm³/mol. The zero-order valence-electron chi connectivity index (χ0n) is 19.3. The van der Waals surface area contributed by atoms with E-state index in [9.17, 15) is 0 Å². The zero-order valence-corrected chi connectivity index (χ0v) is 19.3. The van der Waals surface area contributed by atoms with Gasteiger partial charge >= 0.3 is 0 Å². The average Bonchev–Trinajstić information content (AvgIpc) is 3.54. The molecule has 0 aliphatic carbocycles. The third-order valence-electron chi connectivity index (χ3n) is 7.17. The molecule has 7 rings (SSSR count). The fraction of sp³-hybridized carbons (Fsp3) is 0.222. The van der Waals surface area contributed by atoms with E-state index in [-0.39, 0.29) is 0 Å². The van der Waals surface area contributed by atoms with Crippen molar-refractivity contribution in [2.45, 2.75) is 6.04 Å². The van der Waals surface area contributed by atoms with Gasteiger partial charge in [0.05, 0.1) is 29.5 Å². The van der Waals surface area contributed by atoms with Gasteiger partial charge in [0.2, 0.25) is 0 Å². The van der Waals surface area contributed by atoms with E-state index < -0.39 is 0 Å². The van der Waals surface area contributed by atoms with E-state index in [1.165, 1.54) is 0 Å². The number of fused-ring (bicyclic) bond motifs is 5. The summed E-state index contributed by atoms with van der Waals surface area (Å²) in [5.74, 6) is 0.902. The van der Waals surface area contributed by atoms with Crippen LogP contribution in [0.5, 0.6) is 5.75 Å². The van der Waals surface area contributed by atoms with Gasteiger partial charge in [-0.15, -0.1) is 0 Å². The highest BCUT2D eigenvalue weighted by Crippen LogP contribution is 2.42. The quantitative estimate of drug-likeness (QED) is 0.389. The Bertz CT molecular complexity index is 1640. The molecule has 0 spiro atoms. The molecule has 1 saturated heterocycles. The van der Waals surface area contributed by atoms with E-state index in [0.717, 1.165) is 70.0 Å². The van der Waals surface area contributed by atoms with Gasteiger partial charge in [-0.2, -0.15) is 5.10 Å². The minimum absolute atomic E-state index is 0.387. The molecule has 5 heterocycles. The second-order valence-electron chi connectivity index (χ2n) is 9.28. The summed E-state index contributed by atoms with van der Waals surface area (Å²) >= 11 is 0. The monoisotopic (exact) mass is 461 g/mol. The van der Waals surface area contributed by atoms with Crippen LogP contribution in [0.25, 0.3) is 43.8 Å². The number of anilines is 1. The van der Waals surface area contributed by atoms with E-state index >= 15 is 0 Å². The number of ether oxygens (including phenoxy) is 1. The lowest BCUT2D eigenvalue weighted by molar-refractivity contribution is 0.188. The van der Waals surface area contributed by atoms with Gasteiger partial charge < -0.3 is 18.9 Å². The molecular weight excluding hydrogens is 438 g/mol. The summed E-state index contributed by atoms with van der Waals surface area (Å²) in [7, 11) is 2.17. The van der Waals surface area contributed by atoms with Gasteiger partial charge in [0.15, 0.2) is 5.69 Å². The number of nitrogens with one attached hydrogen (secondary N) is 1. The molecule has 172 valence electrons. The summed E-state index contributed by atoms with van der Waals surface area (Å²) in [6.07, 6.45) is 5.65. The van der Waals surface area contributed by atoms with Crippen molar-refractivity contribution in [1.82, 2.24) is 24.5 Å². The number of nitrogens with zero attached hydrogens (tertiary/aromatic N) is 6. The van der Waals surface area contributed by atoms with Gasteiger partial charge in [0.1, 0.15) is 18.0 Å². The van der Waals surface area contributed by atoms with Gasteiger partial charge in [0, 0.05) is 54.7 Å². The maximum absolute atomic E-state index is 7.78. The molecule has 1 fully saturated rings. The first-order valence-corrected chi connectivity index (χ1v) is 11.7. The molecule has 8 nitrogen and oxygen atoms in total.